The van der Waals surface area contributed by atoms with Gasteiger partial charge in [0.15, 0.2) is 5.96 Å². The molecule has 1 aromatic carbocycles. The van der Waals surface area contributed by atoms with Crippen LogP contribution in [0.4, 0.5) is 5.69 Å². The van der Waals surface area contributed by atoms with Crippen molar-refractivity contribution >= 4 is 38.9 Å². The fourth-order valence-electron chi connectivity index (χ4n) is 2.42. The van der Waals surface area contributed by atoms with Crippen molar-refractivity contribution in [2.24, 2.45) is 10.7 Å². The van der Waals surface area contributed by atoms with Crippen molar-refractivity contribution in [3.05, 3.63) is 39.0 Å². The SMILES string of the molecule is COc1ccc(OC)c(NC(N)=N[C@@H]2C[C@H]2c2ccc(Br)s2)c1. The number of hydrogen-bond donors (Lipinski definition) is 2. The summed E-state index contributed by atoms with van der Waals surface area (Å²) in [5.74, 6) is 2.28. The van der Waals surface area contributed by atoms with E-state index < -0.39 is 0 Å². The van der Waals surface area contributed by atoms with Crippen molar-refractivity contribution in [3.63, 3.8) is 0 Å². The molecule has 1 aliphatic carbocycles. The molecule has 0 radical (unpaired) electrons. The highest BCUT2D eigenvalue weighted by Crippen LogP contribution is 2.46. The quantitative estimate of drug-likeness (QED) is 0.596. The number of halogens is 1. The topological polar surface area (TPSA) is 68.9 Å². The standard InChI is InChI=1S/C16H18BrN3O2S/c1-21-9-3-4-13(22-2)12(7-9)20-16(18)19-11-8-10(11)14-5-6-15(17)23-14/h3-7,10-11H,8H2,1-2H3,(H3,18,19,20)/t10-,11-/m1/s1. The number of guanidine groups is 1. The lowest BCUT2D eigenvalue weighted by Gasteiger charge is -2.12. The van der Waals surface area contributed by atoms with Crippen molar-refractivity contribution in [2.45, 2.75) is 18.4 Å². The molecule has 2 atom stereocenters. The zero-order chi connectivity index (χ0) is 16.4. The highest BCUT2D eigenvalue weighted by Gasteiger charge is 2.39. The summed E-state index contributed by atoms with van der Waals surface area (Å²) in [5.41, 5.74) is 6.78. The summed E-state index contributed by atoms with van der Waals surface area (Å²) in [5, 5.41) is 3.10. The Hall–Kier alpha value is -1.73. The van der Waals surface area contributed by atoms with Gasteiger partial charge < -0.3 is 20.5 Å². The Morgan fingerprint density at radius 2 is 2.13 bits per heavy atom. The summed E-state index contributed by atoms with van der Waals surface area (Å²) in [6.45, 7) is 0. The third kappa shape index (κ3) is 3.79. The Morgan fingerprint density at radius 3 is 2.78 bits per heavy atom. The zero-order valence-corrected chi connectivity index (χ0v) is 15.3. The summed E-state index contributed by atoms with van der Waals surface area (Å²) < 4.78 is 11.7. The lowest BCUT2D eigenvalue weighted by atomic mass is 10.2. The summed E-state index contributed by atoms with van der Waals surface area (Å²) in [7, 11) is 3.24. The number of methoxy groups -OCH3 is 2. The third-order valence-corrected chi connectivity index (χ3v) is 5.45. The van der Waals surface area contributed by atoms with E-state index in [1.165, 1.54) is 4.88 Å². The van der Waals surface area contributed by atoms with Gasteiger partial charge in [-0.3, -0.25) is 0 Å². The molecule has 0 unspecified atom stereocenters. The fourth-order valence-corrected chi connectivity index (χ4v) is 4.01. The minimum Gasteiger partial charge on any atom is -0.497 e. The molecule has 2 aromatic rings. The van der Waals surface area contributed by atoms with Crippen LogP contribution in [0.5, 0.6) is 11.5 Å². The van der Waals surface area contributed by atoms with E-state index in [1.807, 2.05) is 18.2 Å². The second-order valence-electron chi connectivity index (χ2n) is 5.26. The number of nitrogens with two attached hydrogens (primary N) is 1. The molecular formula is C16H18BrN3O2S. The molecule has 0 saturated heterocycles. The third-order valence-electron chi connectivity index (χ3n) is 3.69. The molecule has 7 heteroatoms. The van der Waals surface area contributed by atoms with Gasteiger partial charge in [0, 0.05) is 16.9 Å². The van der Waals surface area contributed by atoms with Crippen LogP contribution in [0.2, 0.25) is 0 Å². The van der Waals surface area contributed by atoms with E-state index in [2.05, 4.69) is 38.4 Å². The van der Waals surface area contributed by atoms with Crippen LogP contribution in [0, 0.1) is 0 Å². The second-order valence-corrected chi connectivity index (χ2v) is 7.75. The first kappa shape index (κ1) is 16.1. The fraction of sp³-hybridized carbons (Fsp3) is 0.312. The maximum atomic E-state index is 6.04. The van der Waals surface area contributed by atoms with Crippen molar-refractivity contribution in [2.75, 3.05) is 19.5 Å². The van der Waals surface area contributed by atoms with E-state index in [-0.39, 0.29) is 6.04 Å². The minimum atomic E-state index is 0.240. The molecule has 3 rings (SSSR count). The second kappa shape index (κ2) is 6.80. The molecule has 0 aliphatic heterocycles. The molecule has 23 heavy (non-hydrogen) atoms. The highest BCUT2D eigenvalue weighted by molar-refractivity contribution is 9.11. The van der Waals surface area contributed by atoms with E-state index in [9.17, 15) is 0 Å². The molecule has 1 heterocycles. The number of benzene rings is 1. The molecule has 1 saturated carbocycles. The predicted molar refractivity (Wildman–Crippen MR) is 98.0 cm³/mol. The molecule has 3 N–H and O–H groups in total. The number of hydrogen-bond acceptors (Lipinski definition) is 4. The number of aliphatic imine (C=N–C) groups is 1. The van der Waals surface area contributed by atoms with Crippen molar-refractivity contribution in [1.29, 1.82) is 0 Å². The smallest absolute Gasteiger partial charge is 0.193 e. The molecular weight excluding hydrogens is 378 g/mol. The average molecular weight is 396 g/mol. The zero-order valence-electron chi connectivity index (χ0n) is 12.9. The minimum absolute atomic E-state index is 0.240. The molecule has 5 nitrogen and oxygen atoms in total. The molecule has 0 spiro atoms. The Morgan fingerprint density at radius 1 is 1.30 bits per heavy atom. The van der Waals surface area contributed by atoms with E-state index in [1.54, 1.807) is 25.6 Å². The van der Waals surface area contributed by atoms with Crippen LogP contribution in [-0.4, -0.2) is 26.2 Å². The van der Waals surface area contributed by atoms with Gasteiger partial charge >= 0.3 is 0 Å². The number of nitrogens with one attached hydrogen (secondary N) is 1. The van der Waals surface area contributed by atoms with Gasteiger partial charge in [0.1, 0.15) is 11.5 Å². The van der Waals surface area contributed by atoms with Gasteiger partial charge in [0.2, 0.25) is 0 Å². The summed E-state index contributed by atoms with van der Waals surface area (Å²) in [6.07, 6.45) is 1.03. The van der Waals surface area contributed by atoms with Gasteiger partial charge in [-0.25, -0.2) is 4.99 Å². The van der Waals surface area contributed by atoms with Gasteiger partial charge in [0.05, 0.1) is 29.7 Å². The normalized spacial score (nSPS) is 20.2. The number of nitrogens with zero attached hydrogens (tertiary/aromatic N) is 1. The maximum Gasteiger partial charge on any atom is 0.193 e. The molecule has 0 bridgehead atoms. The Bertz CT molecular complexity index is 732. The van der Waals surface area contributed by atoms with Crippen LogP contribution in [0.25, 0.3) is 0 Å². The van der Waals surface area contributed by atoms with Crippen molar-refractivity contribution in [1.82, 2.24) is 0 Å². The molecule has 1 aliphatic rings. The van der Waals surface area contributed by atoms with Gasteiger partial charge in [-0.2, -0.15) is 0 Å². The van der Waals surface area contributed by atoms with E-state index in [0.29, 0.717) is 17.6 Å². The van der Waals surface area contributed by atoms with Crippen LogP contribution in [-0.2, 0) is 0 Å². The lowest BCUT2D eigenvalue weighted by molar-refractivity contribution is 0.405. The van der Waals surface area contributed by atoms with Crippen molar-refractivity contribution < 1.29 is 9.47 Å². The number of thiophene rings is 1. The van der Waals surface area contributed by atoms with Crippen LogP contribution in [0.3, 0.4) is 0 Å². The van der Waals surface area contributed by atoms with E-state index in [0.717, 1.165) is 21.6 Å². The Kier molecular flexibility index (Phi) is 4.77. The first-order valence-corrected chi connectivity index (χ1v) is 8.79. The van der Waals surface area contributed by atoms with Crippen LogP contribution in [0.1, 0.15) is 17.2 Å². The van der Waals surface area contributed by atoms with E-state index in [4.69, 9.17) is 15.2 Å². The van der Waals surface area contributed by atoms with Gasteiger partial charge in [-0.05, 0) is 46.6 Å². The molecule has 122 valence electrons. The maximum absolute atomic E-state index is 6.04. The number of rotatable bonds is 5. The average Bonchev–Trinajstić information content (AvgIpc) is 3.16. The van der Waals surface area contributed by atoms with Gasteiger partial charge in [-0.15, -0.1) is 11.3 Å². The molecule has 1 fully saturated rings. The number of anilines is 1. The lowest BCUT2D eigenvalue weighted by Crippen LogP contribution is -2.23. The first-order valence-electron chi connectivity index (χ1n) is 7.18. The largest absolute Gasteiger partial charge is 0.497 e. The number of ether oxygens (including phenoxy) is 2. The van der Waals surface area contributed by atoms with Crippen LogP contribution >= 0.6 is 27.3 Å². The predicted octanol–water partition coefficient (Wildman–Crippen LogP) is 3.81. The van der Waals surface area contributed by atoms with Gasteiger partial charge in [-0.1, -0.05) is 0 Å². The first-order chi connectivity index (χ1) is 11.1. The summed E-state index contributed by atoms with van der Waals surface area (Å²) >= 11 is 5.25. The molecule has 1 aromatic heterocycles. The van der Waals surface area contributed by atoms with Crippen LogP contribution in [0.15, 0.2) is 39.1 Å². The van der Waals surface area contributed by atoms with E-state index >= 15 is 0 Å². The summed E-state index contributed by atoms with van der Waals surface area (Å²) in [6, 6.07) is 9.96. The van der Waals surface area contributed by atoms with Gasteiger partial charge in [0.25, 0.3) is 0 Å². The van der Waals surface area contributed by atoms with Crippen LogP contribution < -0.4 is 20.5 Å². The monoisotopic (exact) mass is 395 g/mol. The summed E-state index contributed by atoms with van der Waals surface area (Å²) in [4.78, 5) is 5.90. The highest BCUT2D eigenvalue weighted by atomic mass is 79.9. The molecule has 0 amide bonds. The Balaban J connectivity index is 1.69. The van der Waals surface area contributed by atoms with Crippen molar-refractivity contribution in [3.8, 4) is 11.5 Å². The Labute approximate surface area is 147 Å².